The highest BCUT2D eigenvalue weighted by molar-refractivity contribution is 7.71. The number of nitrogens with zero attached hydrogens (tertiary/aromatic N) is 2. The Morgan fingerprint density at radius 2 is 2.20 bits per heavy atom. The maximum Gasteiger partial charge on any atom is 0.263 e. The van der Waals surface area contributed by atoms with Crippen LogP contribution in [0.25, 0.3) is 10.2 Å². The number of hydrogen-bond donors (Lipinski definition) is 2. The van der Waals surface area contributed by atoms with Crippen molar-refractivity contribution in [3.8, 4) is 0 Å². The van der Waals surface area contributed by atoms with Crippen LogP contribution in [0.2, 0.25) is 0 Å². The average Bonchev–Trinajstić information content (AvgIpc) is 2.95. The van der Waals surface area contributed by atoms with Gasteiger partial charge >= 0.3 is 0 Å². The monoisotopic (exact) mass is 328 g/mol. The molecule has 0 atom stereocenters. The van der Waals surface area contributed by atoms with E-state index in [1.165, 1.54) is 0 Å². The van der Waals surface area contributed by atoms with E-state index in [9.17, 15) is 4.79 Å². The summed E-state index contributed by atoms with van der Waals surface area (Å²) in [5.41, 5.74) is 1.83. The molecule has 2 N–H and O–H groups in total. The molecule has 3 aromatic heterocycles. The molecule has 20 heavy (non-hydrogen) atoms. The van der Waals surface area contributed by atoms with Gasteiger partial charge in [0.25, 0.3) is 5.56 Å². The Morgan fingerprint density at radius 1 is 1.45 bits per heavy atom. The molecule has 0 fully saturated rings. The number of thiophene rings is 1. The molecule has 106 valence electrons. The lowest BCUT2D eigenvalue weighted by molar-refractivity contribution is 0.714. The molecule has 0 bridgehead atoms. The Kier molecular flexibility index (Phi) is 4.12. The van der Waals surface area contributed by atoms with Gasteiger partial charge in [-0.3, -0.25) is 14.5 Å². The number of rotatable bonds is 2. The number of aromatic nitrogens is 4. The zero-order chi connectivity index (χ0) is 13.6. The normalized spacial score (nSPS) is 10.7. The van der Waals surface area contributed by atoms with Crippen molar-refractivity contribution in [1.29, 1.82) is 0 Å². The fraction of sp³-hybridized carbons (Fsp3) is 0.250. The number of fused-ring (bicyclic) bond motifs is 1. The van der Waals surface area contributed by atoms with Crippen molar-refractivity contribution in [1.82, 2.24) is 19.7 Å². The lowest BCUT2D eigenvalue weighted by Crippen LogP contribution is -2.22. The van der Waals surface area contributed by atoms with Crippen LogP contribution in [0.1, 0.15) is 16.1 Å². The van der Waals surface area contributed by atoms with E-state index in [0.717, 1.165) is 26.4 Å². The van der Waals surface area contributed by atoms with Crippen LogP contribution < -0.4 is 5.56 Å². The van der Waals surface area contributed by atoms with Crippen LogP contribution in [-0.2, 0) is 6.54 Å². The SMILES string of the molecule is Cc1sc2[nH]c(=S)n(Cc3ccn[nH]3)c(=O)c2c1C.Cl. The second kappa shape index (κ2) is 5.51. The van der Waals surface area contributed by atoms with Crippen LogP contribution in [-0.4, -0.2) is 19.7 Å². The van der Waals surface area contributed by atoms with E-state index in [1.54, 1.807) is 22.1 Å². The summed E-state index contributed by atoms with van der Waals surface area (Å²) in [6.45, 7) is 4.38. The Bertz CT molecular complexity index is 860. The first-order chi connectivity index (χ1) is 9.08. The van der Waals surface area contributed by atoms with Crippen molar-refractivity contribution in [3.05, 3.63) is 43.5 Å². The zero-order valence-corrected chi connectivity index (χ0v) is 13.3. The van der Waals surface area contributed by atoms with Gasteiger partial charge in [-0.25, -0.2) is 0 Å². The van der Waals surface area contributed by atoms with Crippen LogP contribution in [0.15, 0.2) is 17.1 Å². The summed E-state index contributed by atoms with van der Waals surface area (Å²) in [4.78, 5) is 17.7. The molecule has 0 aliphatic carbocycles. The number of H-pyrrole nitrogens is 2. The topological polar surface area (TPSA) is 66.5 Å². The minimum Gasteiger partial charge on any atom is -0.323 e. The summed E-state index contributed by atoms with van der Waals surface area (Å²) in [5.74, 6) is 0. The summed E-state index contributed by atoms with van der Waals surface area (Å²) in [6, 6.07) is 1.83. The average molecular weight is 329 g/mol. The number of aryl methyl sites for hydroxylation is 2. The Hall–Kier alpha value is -1.44. The standard InChI is InChI=1S/C12H12N4OS2.ClH/c1-6-7(2)19-10-9(6)11(17)16(12(18)14-10)5-8-3-4-13-15-8;/h3-4H,5H2,1-2H3,(H,13,15)(H,14,18);1H. The number of aromatic amines is 2. The predicted molar refractivity (Wildman–Crippen MR) is 85.7 cm³/mol. The third-order valence-electron chi connectivity index (χ3n) is 3.20. The second-order valence-electron chi connectivity index (χ2n) is 4.39. The van der Waals surface area contributed by atoms with E-state index in [2.05, 4.69) is 15.2 Å². The lowest BCUT2D eigenvalue weighted by atomic mass is 10.2. The quantitative estimate of drug-likeness (QED) is 0.711. The first-order valence-electron chi connectivity index (χ1n) is 5.79. The molecule has 5 nitrogen and oxygen atoms in total. The fourth-order valence-corrected chi connectivity index (χ4v) is 3.42. The van der Waals surface area contributed by atoms with E-state index in [0.29, 0.717) is 11.3 Å². The van der Waals surface area contributed by atoms with Gasteiger partial charge in [-0.15, -0.1) is 23.7 Å². The molecule has 8 heteroatoms. The van der Waals surface area contributed by atoms with Crippen molar-refractivity contribution in [2.45, 2.75) is 20.4 Å². The van der Waals surface area contributed by atoms with Crippen molar-refractivity contribution in [3.63, 3.8) is 0 Å². The van der Waals surface area contributed by atoms with Crippen LogP contribution in [0, 0.1) is 18.6 Å². The van der Waals surface area contributed by atoms with Crippen LogP contribution in [0.5, 0.6) is 0 Å². The molecule has 0 amide bonds. The third kappa shape index (κ3) is 2.32. The van der Waals surface area contributed by atoms with Gasteiger partial charge in [-0.2, -0.15) is 5.10 Å². The maximum absolute atomic E-state index is 12.6. The van der Waals surface area contributed by atoms with Gasteiger partial charge in [-0.1, -0.05) is 0 Å². The van der Waals surface area contributed by atoms with E-state index >= 15 is 0 Å². The smallest absolute Gasteiger partial charge is 0.263 e. The Morgan fingerprint density at radius 3 is 2.85 bits per heavy atom. The number of nitrogens with one attached hydrogen (secondary N) is 2. The van der Waals surface area contributed by atoms with Gasteiger partial charge in [0.15, 0.2) is 4.77 Å². The molecule has 3 aromatic rings. The molecule has 3 heterocycles. The maximum atomic E-state index is 12.6. The molecule has 0 saturated heterocycles. The van der Waals surface area contributed by atoms with E-state index in [4.69, 9.17) is 12.2 Å². The molecular formula is C12H13ClN4OS2. The van der Waals surface area contributed by atoms with Crippen LogP contribution in [0.3, 0.4) is 0 Å². The minimum absolute atomic E-state index is 0. The Labute approximate surface area is 130 Å². The molecule has 0 saturated carbocycles. The van der Waals surface area contributed by atoms with Crippen LogP contribution in [0.4, 0.5) is 0 Å². The van der Waals surface area contributed by atoms with E-state index in [1.807, 2.05) is 19.9 Å². The largest absolute Gasteiger partial charge is 0.323 e. The summed E-state index contributed by atoms with van der Waals surface area (Å²) in [6.07, 6.45) is 1.66. The molecule has 0 radical (unpaired) electrons. The number of halogens is 1. The highest BCUT2D eigenvalue weighted by atomic mass is 35.5. The summed E-state index contributed by atoms with van der Waals surface area (Å²) in [7, 11) is 0. The van der Waals surface area contributed by atoms with Gasteiger partial charge in [0.05, 0.1) is 17.6 Å². The van der Waals surface area contributed by atoms with Crippen molar-refractivity contribution in [2.24, 2.45) is 0 Å². The zero-order valence-electron chi connectivity index (χ0n) is 10.9. The van der Waals surface area contributed by atoms with E-state index < -0.39 is 0 Å². The first kappa shape index (κ1) is 15.0. The molecule has 0 aliphatic heterocycles. The third-order valence-corrected chi connectivity index (χ3v) is 4.64. The van der Waals surface area contributed by atoms with Gasteiger partial charge in [-0.05, 0) is 37.7 Å². The molecule has 0 unspecified atom stereocenters. The summed E-state index contributed by atoms with van der Waals surface area (Å²) < 4.78 is 2.00. The van der Waals surface area contributed by atoms with Crippen LogP contribution >= 0.6 is 36.0 Å². The second-order valence-corrected chi connectivity index (χ2v) is 6.00. The van der Waals surface area contributed by atoms with Crippen molar-refractivity contribution in [2.75, 3.05) is 0 Å². The Balaban J connectivity index is 0.00000147. The highest BCUT2D eigenvalue weighted by Crippen LogP contribution is 2.25. The van der Waals surface area contributed by atoms with Gasteiger partial charge in [0, 0.05) is 11.1 Å². The molecule has 0 aliphatic rings. The highest BCUT2D eigenvalue weighted by Gasteiger charge is 2.13. The molecule has 3 rings (SSSR count). The van der Waals surface area contributed by atoms with Crippen molar-refractivity contribution < 1.29 is 0 Å². The van der Waals surface area contributed by atoms with Gasteiger partial charge in [0.2, 0.25) is 0 Å². The predicted octanol–water partition coefficient (Wildman–Crippen LogP) is 2.93. The number of hydrogen-bond acceptors (Lipinski definition) is 4. The van der Waals surface area contributed by atoms with Gasteiger partial charge in [0.1, 0.15) is 4.83 Å². The summed E-state index contributed by atoms with van der Waals surface area (Å²) in [5, 5.41) is 7.45. The summed E-state index contributed by atoms with van der Waals surface area (Å²) >= 11 is 6.84. The van der Waals surface area contributed by atoms with E-state index in [-0.39, 0.29) is 18.0 Å². The molecule has 0 spiro atoms. The lowest BCUT2D eigenvalue weighted by Gasteiger charge is -2.05. The van der Waals surface area contributed by atoms with Gasteiger partial charge < -0.3 is 4.98 Å². The molecular weight excluding hydrogens is 316 g/mol. The van der Waals surface area contributed by atoms with Crippen molar-refractivity contribution >= 4 is 46.2 Å². The first-order valence-corrected chi connectivity index (χ1v) is 7.01. The minimum atomic E-state index is -0.0461. The fourth-order valence-electron chi connectivity index (χ4n) is 2.05. The molecule has 0 aromatic carbocycles.